The minimum Gasteiger partial charge on any atom is -0.459 e. The highest BCUT2D eigenvalue weighted by molar-refractivity contribution is 5.73. The topological polar surface area (TPSA) is 201 Å². The van der Waals surface area contributed by atoms with Gasteiger partial charge in [-0.1, -0.05) is 27.7 Å². The summed E-state index contributed by atoms with van der Waals surface area (Å²) in [5.41, 5.74) is -5.95. The third-order valence-corrected chi connectivity index (χ3v) is 13.0. The minimum atomic E-state index is -1.81. The third-order valence-electron chi connectivity index (χ3n) is 13.0. The second-order valence-corrected chi connectivity index (χ2v) is 18.2. The Morgan fingerprint density at radius 2 is 1.61 bits per heavy atom. The molecule has 330 valence electrons. The Morgan fingerprint density at radius 1 is 0.964 bits per heavy atom. The highest BCUT2D eigenvalue weighted by Gasteiger charge is 2.58. The highest BCUT2D eigenvalue weighted by Crippen LogP contribution is 2.43. The van der Waals surface area contributed by atoms with E-state index < -0.39 is 95.5 Å². The normalized spacial score (nSPS) is 47.9. The number of carbonyl (C=O) groups is 1. The standard InChI is InChI=1S/C41H79N3O12/c1-15-17-42-22-41(50)28(8)53-31(20-39(41,10)51-14)55-33-25(5)35(56-37-32(45)29(44(12)13)18-24(4)52-37)38(9,48)19-23(3)21-43-27(7)34(46)40(11,49)30(16-2)54-36(47)26(33)6/h23-35,37,42-43,45-46,48-50H,15-22H2,1-14H3/t23-,24-,25+,26-,27-,28?,29?,30-,31?,32?,33+,34-,35-,37+,38?,39?,40-,41?/m1/s1. The number of hydrogen-bond donors (Lipinski definition) is 7. The molecule has 3 rings (SSSR count). The van der Waals surface area contributed by atoms with Gasteiger partial charge in [0.1, 0.15) is 35.1 Å². The van der Waals surface area contributed by atoms with Crippen LogP contribution in [0.4, 0.5) is 0 Å². The summed E-state index contributed by atoms with van der Waals surface area (Å²) in [5.74, 6) is -2.66. The zero-order valence-corrected chi connectivity index (χ0v) is 36.8. The summed E-state index contributed by atoms with van der Waals surface area (Å²) in [6.07, 6.45) is -6.71. The summed E-state index contributed by atoms with van der Waals surface area (Å²) < 4.78 is 38.3. The molecule has 0 bridgehead atoms. The number of nitrogens with one attached hydrogen (secondary N) is 2. The summed E-state index contributed by atoms with van der Waals surface area (Å²) in [6.45, 7) is 20.9. The van der Waals surface area contributed by atoms with Gasteiger partial charge in [0.05, 0.1) is 35.9 Å². The summed E-state index contributed by atoms with van der Waals surface area (Å²) in [5, 5.41) is 65.8. The molecule has 0 aromatic heterocycles. The van der Waals surface area contributed by atoms with Gasteiger partial charge in [0.15, 0.2) is 12.6 Å². The molecule has 3 fully saturated rings. The molecule has 3 heterocycles. The number of aliphatic hydroxyl groups is 5. The maximum absolute atomic E-state index is 14.3. The molecule has 0 amide bonds. The van der Waals surface area contributed by atoms with Gasteiger partial charge in [0, 0.05) is 38.1 Å². The molecule has 0 spiro atoms. The van der Waals surface area contributed by atoms with Crippen molar-refractivity contribution in [2.45, 2.75) is 198 Å². The average molecular weight is 806 g/mol. The maximum atomic E-state index is 14.3. The fourth-order valence-corrected chi connectivity index (χ4v) is 9.21. The molecule has 15 nitrogen and oxygen atoms in total. The summed E-state index contributed by atoms with van der Waals surface area (Å²) in [4.78, 5) is 16.2. The second-order valence-electron chi connectivity index (χ2n) is 18.2. The molecule has 3 aliphatic rings. The van der Waals surface area contributed by atoms with Crippen LogP contribution in [0.1, 0.15) is 108 Å². The molecule has 15 heteroatoms. The molecular weight excluding hydrogens is 726 g/mol. The van der Waals surface area contributed by atoms with E-state index in [-0.39, 0.29) is 43.9 Å². The number of nitrogens with zero attached hydrogens (tertiary/aromatic N) is 1. The van der Waals surface area contributed by atoms with Gasteiger partial charge in [0.25, 0.3) is 0 Å². The first-order valence-corrected chi connectivity index (χ1v) is 20.9. The van der Waals surface area contributed by atoms with Crippen molar-refractivity contribution in [1.29, 1.82) is 0 Å². The number of aliphatic hydroxyl groups excluding tert-OH is 2. The van der Waals surface area contributed by atoms with Crippen LogP contribution in [0.25, 0.3) is 0 Å². The van der Waals surface area contributed by atoms with Crippen molar-refractivity contribution in [3.05, 3.63) is 0 Å². The Bertz CT molecular complexity index is 1230. The summed E-state index contributed by atoms with van der Waals surface area (Å²) in [7, 11) is 5.31. The van der Waals surface area contributed by atoms with Gasteiger partial charge in [-0.2, -0.15) is 0 Å². The predicted octanol–water partition coefficient (Wildman–Crippen LogP) is 1.93. The van der Waals surface area contributed by atoms with Crippen LogP contribution in [0.3, 0.4) is 0 Å². The van der Waals surface area contributed by atoms with Crippen LogP contribution in [0, 0.1) is 17.8 Å². The number of likely N-dealkylation sites (N-methyl/N-ethyl adjacent to an activating group) is 1. The molecule has 56 heavy (non-hydrogen) atoms. The Hall–Kier alpha value is -1.05. The van der Waals surface area contributed by atoms with Crippen LogP contribution >= 0.6 is 0 Å². The fraction of sp³-hybridized carbons (Fsp3) is 0.976. The van der Waals surface area contributed by atoms with Gasteiger partial charge >= 0.3 is 5.97 Å². The largest absolute Gasteiger partial charge is 0.459 e. The van der Waals surface area contributed by atoms with Gasteiger partial charge in [-0.15, -0.1) is 0 Å². The van der Waals surface area contributed by atoms with Crippen LogP contribution in [0.2, 0.25) is 0 Å². The van der Waals surface area contributed by atoms with Gasteiger partial charge < -0.3 is 69.5 Å². The van der Waals surface area contributed by atoms with Crippen molar-refractivity contribution >= 4 is 5.97 Å². The molecular formula is C41H79N3O12. The maximum Gasteiger partial charge on any atom is 0.311 e. The van der Waals surface area contributed by atoms with Crippen molar-refractivity contribution in [3.8, 4) is 0 Å². The van der Waals surface area contributed by atoms with E-state index in [1.807, 2.05) is 53.6 Å². The van der Waals surface area contributed by atoms with E-state index in [1.165, 1.54) is 14.0 Å². The van der Waals surface area contributed by atoms with Crippen LogP contribution in [-0.2, 0) is 33.2 Å². The Morgan fingerprint density at radius 3 is 2.18 bits per heavy atom. The van der Waals surface area contributed by atoms with Crippen molar-refractivity contribution in [2.75, 3.05) is 40.8 Å². The summed E-state index contributed by atoms with van der Waals surface area (Å²) >= 11 is 0. The Labute approximate surface area is 336 Å². The van der Waals surface area contributed by atoms with E-state index in [9.17, 15) is 30.3 Å². The number of methoxy groups -OCH3 is 1. The van der Waals surface area contributed by atoms with Gasteiger partial charge in [-0.3, -0.25) is 4.79 Å². The zero-order valence-electron chi connectivity index (χ0n) is 36.8. The van der Waals surface area contributed by atoms with Crippen molar-refractivity contribution in [3.63, 3.8) is 0 Å². The third kappa shape index (κ3) is 11.0. The van der Waals surface area contributed by atoms with Crippen LogP contribution in [0.5, 0.6) is 0 Å². The molecule has 0 saturated carbocycles. The van der Waals surface area contributed by atoms with Gasteiger partial charge in [-0.05, 0) is 107 Å². The van der Waals surface area contributed by atoms with E-state index in [1.54, 1.807) is 34.6 Å². The van der Waals surface area contributed by atoms with Crippen molar-refractivity contribution in [1.82, 2.24) is 15.5 Å². The molecule has 0 aromatic carbocycles. The van der Waals surface area contributed by atoms with E-state index in [0.29, 0.717) is 19.5 Å². The molecule has 3 aliphatic heterocycles. The zero-order chi connectivity index (χ0) is 42.6. The highest BCUT2D eigenvalue weighted by atomic mass is 16.7. The molecule has 7 N–H and O–H groups in total. The number of rotatable bonds is 11. The second kappa shape index (κ2) is 20.0. The first-order valence-electron chi connectivity index (χ1n) is 20.9. The van der Waals surface area contributed by atoms with E-state index >= 15 is 0 Å². The number of cyclic esters (lactones) is 1. The number of hydrogen-bond acceptors (Lipinski definition) is 15. The van der Waals surface area contributed by atoms with Gasteiger partial charge in [0.2, 0.25) is 0 Å². The lowest BCUT2D eigenvalue weighted by Crippen LogP contribution is -2.70. The van der Waals surface area contributed by atoms with Crippen LogP contribution in [-0.4, -0.2) is 167 Å². The Balaban J connectivity index is 2.16. The molecule has 0 aliphatic carbocycles. The monoisotopic (exact) mass is 806 g/mol. The SMILES string of the molecule is CCCNCC1(O)C(C)OC(O[C@H]2[C@H](C)[C@@H](O[C@@H]3O[C@H](C)CC(N(C)C)C3O)C(C)(O)C[C@@H](C)CN[C@H](C)[C@@H](O)[C@](C)(O)[C@@H](CC)OC(=O)[C@@H]2C)CC1(C)OC. The Kier molecular flexibility index (Phi) is 17.6. The lowest BCUT2D eigenvalue weighted by Gasteiger charge is -2.53. The van der Waals surface area contributed by atoms with Crippen LogP contribution < -0.4 is 10.6 Å². The van der Waals surface area contributed by atoms with E-state index in [0.717, 1.165) is 6.42 Å². The number of ether oxygens (including phenoxy) is 6. The smallest absolute Gasteiger partial charge is 0.311 e. The summed E-state index contributed by atoms with van der Waals surface area (Å²) in [6, 6.07) is -0.877. The molecule has 3 saturated heterocycles. The lowest BCUT2D eigenvalue weighted by atomic mass is 9.75. The minimum absolute atomic E-state index is 0.0939. The van der Waals surface area contributed by atoms with E-state index in [4.69, 9.17) is 28.4 Å². The van der Waals surface area contributed by atoms with Crippen LogP contribution in [0.15, 0.2) is 0 Å². The molecule has 7 unspecified atom stereocenters. The first-order chi connectivity index (χ1) is 25.9. The molecule has 0 aromatic rings. The quantitative estimate of drug-likeness (QED) is 0.118. The number of carbonyl (C=O) groups excluding carboxylic acids is 1. The number of esters is 1. The predicted molar refractivity (Wildman–Crippen MR) is 212 cm³/mol. The average Bonchev–Trinajstić information content (AvgIpc) is 3.12. The van der Waals surface area contributed by atoms with Crippen molar-refractivity contribution in [2.24, 2.45) is 17.8 Å². The van der Waals surface area contributed by atoms with Gasteiger partial charge in [-0.25, -0.2) is 0 Å². The fourth-order valence-electron chi connectivity index (χ4n) is 9.21. The molecule has 18 atom stereocenters. The molecule has 0 radical (unpaired) electrons. The first kappa shape index (κ1) is 49.3. The van der Waals surface area contributed by atoms with E-state index in [2.05, 4.69) is 10.6 Å². The lowest BCUT2D eigenvalue weighted by molar-refractivity contribution is -0.336. The van der Waals surface area contributed by atoms with Crippen molar-refractivity contribution < 1.29 is 58.7 Å².